The molecule has 104 heavy (non-hydrogen) atoms. The van der Waals surface area contributed by atoms with E-state index in [1.165, 1.54) is 20.6 Å². The monoisotopic (exact) mass is 1450 g/mol. The normalized spacial score (nSPS) is 28.0. The zero-order valence-corrected chi connectivity index (χ0v) is 64.5. The lowest BCUT2D eigenvalue weighted by Crippen LogP contribution is -2.64. The summed E-state index contributed by atoms with van der Waals surface area (Å²) < 4.78 is 67.5. The van der Waals surface area contributed by atoms with Crippen molar-refractivity contribution < 1.29 is 65.3 Å². The fourth-order valence-corrected chi connectivity index (χ4v) is 22.6. The summed E-state index contributed by atoms with van der Waals surface area (Å²) in [5.41, 5.74) is 9.08. The molecule has 560 valence electrons. The number of benzene rings is 2. The Labute approximate surface area is 612 Å². The van der Waals surface area contributed by atoms with Gasteiger partial charge >= 0.3 is 23.9 Å². The smallest absolute Gasteiger partial charge is 0.358 e. The first-order valence-corrected chi connectivity index (χ1v) is 38.8. The zero-order chi connectivity index (χ0) is 74.6. The molecule has 8 aliphatic carbocycles. The first-order valence-electron chi connectivity index (χ1n) is 37.0. The van der Waals surface area contributed by atoms with Gasteiger partial charge < -0.3 is 43.3 Å². The average Bonchev–Trinajstić information content (AvgIpc) is 0.751. The molecule has 2 aliphatic heterocycles. The number of esters is 4. The number of aromatic nitrogens is 6. The second-order valence-electron chi connectivity index (χ2n) is 35.6. The Balaban J connectivity index is 0.000000185. The Morgan fingerprint density at radius 2 is 0.904 bits per heavy atom. The molecule has 6 aromatic rings. The van der Waals surface area contributed by atoms with Gasteiger partial charge in [-0.25, -0.2) is 29.1 Å². The fourth-order valence-electron chi connectivity index (χ4n) is 22.2. The maximum Gasteiger partial charge on any atom is 0.358 e. The molecule has 4 unspecified atom stereocenters. The Morgan fingerprint density at radius 1 is 0.510 bits per heavy atom. The number of pyridine rings is 2. The van der Waals surface area contributed by atoms with Crippen LogP contribution < -0.4 is 9.80 Å². The second kappa shape index (κ2) is 27.0. The van der Waals surface area contributed by atoms with Gasteiger partial charge in [-0.2, -0.15) is 18.6 Å². The van der Waals surface area contributed by atoms with E-state index in [4.69, 9.17) is 52.8 Å². The van der Waals surface area contributed by atoms with E-state index in [0.717, 1.165) is 141 Å². The topological polar surface area (TPSA) is 255 Å². The van der Waals surface area contributed by atoms with Gasteiger partial charge in [0.15, 0.2) is 11.4 Å². The highest BCUT2D eigenvalue weighted by atomic mass is 32.2. The molecule has 0 amide bonds. The van der Waals surface area contributed by atoms with Gasteiger partial charge in [-0.05, 0) is 236 Å². The SMILES string of the molecule is COC(=O)c1cccc2c1CN(c1ccc(-c3cnn(CC45CC6(C)CC(C)(C4)CC(OCCO)(C6)C5)c3C)c(C(=O)OC(C)(C)C)n1)CC2.COC(=O)c1cccc2c1CN(c1ccc(-c3cnn(CC45CC6(C)CC(C)(C4)CC(OCCOS(C)(=O)=O)(C6)C5)c3C)c(C(=O)OC(C)(C)C)n1)CC2. The molecule has 0 saturated heterocycles. The summed E-state index contributed by atoms with van der Waals surface area (Å²) in [6.45, 7) is 29.2. The third-order valence-corrected chi connectivity index (χ3v) is 23.9. The maximum atomic E-state index is 13.9. The molecule has 4 aromatic heterocycles. The van der Waals surface area contributed by atoms with Gasteiger partial charge in [0.25, 0.3) is 10.1 Å². The van der Waals surface area contributed by atoms with E-state index >= 15 is 0 Å². The largest absolute Gasteiger partial charge is 0.465 e. The van der Waals surface area contributed by atoms with E-state index in [0.29, 0.717) is 73.2 Å². The molecule has 4 atom stereocenters. The number of ether oxygens (including phenoxy) is 6. The quantitative estimate of drug-likeness (QED) is 0.0322. The zero-order valence-electron chi connectivity index (χ0n) is 63.6. The molecular weight excluding hydrogens is 1340 g/mol. The van der Waals surface area contributed by atoms with Crippen LogP contribution in [0.2, 0.25) is 0 Å². The predicted octanol–water partition coefficient (Wildman–Crippen LogP) is 13.4. The highest BCUT2D eigenvalue weighted by Crippen LogP contribution is 2.73. The van der Waals surface area contributed by atoms with E-state index < -0.39 is 33.3 Å². The number of carbonyl (C=O) groups excluding carboxylic acids is 4. The van der Waals surface area contributed by atoms with Gasteiger partial charge in [-0.3, -0.25) is 13.5 Å². The summed E-state index contributed by atoms with van der Waals surface area (Å²) in [4.78, 5) is 67.1. The van der Waals surface area contributed by atoms with Crippen LogP contribution in [0.4, 0.5) is 11.6 Å². The minimum absolute atomic E-state index is 0.00895. The van der Waals surface area contributed by atoms with Crippen LogP contribution in [0.25, 0.3) is 22.3 Å². The molecule has 0 spiro atoms. The average molecular weight is 1450 g/mol. The molecule has 16 rings (SSSR count). The molecule has 23 heteroatoms. The Kier molecular flexibility index (Phi) is 19.4. The van der Waals surface area contributed by atoms with Crippen LogP contribution in [0, 0.1) is 46.3 Å². The summed E-state index contributed by atoms with van der Waals surface area (Å²) in [6, 6.07) is 19.2. The van der Waals surface area contributed by atoms with Gasteiger partial charge in [0.1, 0.15) is 22.8 Å². The minimum atomic E-state index is -3.54. The van der Waals surface area contributed by atoms with Crippen LogP contribution in [0.3, 0.4) is 0 Å². The molecule has 0 radical (unpaired) electrons. The maximum absolute atomic E-state index is 13.9. The van der Waals surface area contributed by atoms with Gasteiger partial charge in [-0.1, -0.05) is 52.0 Å². The summed E-state index contributed by atoms with van der Waals surface area (Å²) >= 11 is 0. The predicted molar refractivity (Wildman–Crippen MR) is 394 cm³/mol. The van der Waals surface area contributed by atoms with E-state index in [-0.39, 0.29) is 86.8 Å². The molecule has 6 heterocycles. The molecular formula is C81H106N8O14S. The van der Waals surface area contributed by atoms with Gasteiger partial charge in [-0.15, -0.1) is 0 Å². The standard InChI is InChI=1S/C41H54N4O8S.C40H52N4O6/c1-27-31(18-42-45(27)26-40-21-38(5)20-39(6,22-40)24-41(23-38,25-40)51-16-17-52-54(8,48)49)29-12-13-33(43-34(29)36(47)53-37(2,3)4)44-15-14-28-10-9-11-30(32(28)19-44)35(46)50-7;1-26-30(17-41-44(26)25-39-20-37(5)19-38(6,21-39)23-40(22-37,24-39)49-16-15-45)28-11-12-32(42-33(28)35(47)50-36(2,3)4)43-14-13-27-9-8-10-29(31(27)18-43)34(46)48-7/h9-13,18H,14-17,19-26H2,1-8H3;8-12,17,45H,13-16,18-25H2,1-7H3. The molecule has 8 fully saturated rings. The van der Waals surface area contributed by atoms with Gasteiger partial charge in [0, 0.05) is 72.9 Å². The number of carbonyl (C=O) groups is 4. The van der Waals surface area contributed by atoms with E-state index in [1.54, 1.807) is 12.1 Å². The number of methoxy groups -OCH3 is 2. The number of rotatable bonds is 20. The molecule has 8 saturated carbocycles. The Bertz CT molecular complexity index is 4430. The Morgan fingerprint density at radius 3 is 1.27 bits per heavy atom. The molecule has 1 N–H and O–H groups in total. The molecule has 10 aliphatic rings. The minimum Gasteiger partial charge on any atom is -0.465 e. The van der Waals surface area contributed by atoms with Crippen molar-refractivity contribution in [2.75, 3.05) is 69.8 Å². The van der Waals surface area contributed by atoms with Crippen LogP contribution in [0.15, 0.2) is 73.1 Å². The number of fused-ring (bicyclic) bond motifs is 2. The number of aliphatic hydroxyl groups is 1. The van der Waals surface area contributed by atoms with Crippen molar-refractivity contribution in [3.8, 4) is 22.3 Å². The van der Waals surface area contributed by atoms with Crippen molar-refractivity contribution >= 4 is 45.6 Å². The van der Waals surface area contributed by atoms with Crippen LogP contribution in [-0.4, -0.2) is 149 Å². The molecule has 8 bridgehead atoms. The summed E-state index contributed by atoms with van der Waals surface area (Å²) in [7, 11) is -0.757. The molecule has 2 aromatic carbocycles. The van der Waals surface area contributed by atoms with Crippen molar-refractivity contribution in [3.05, 3.63) is 129 Å². The van der Waals surface area contributed by atoms with Gasteiger partial charge in [0.2, 0.25) is 0 Å². The third kappa shape index (κ3) is 15.3. The number of anilines is 2. The highest BCUT2D eigenvalue weighted by Gasteiger charge is 2.68. The lowest BCUT2D eigenvalue weighted by molar-refractivity contribution is -0.250. The summed E-state index contributed by atoms with van der Waals surface area (Å²) in [6.07, 6.45) is 18.8. The summed E-state index contributed by atoms with van der Waals surface area (Å²) in [5, 5.41) is 19.5. The van der Waals surface area contributed by atoms with Crippen molar-refractivity contribution in [3.63, 3.8) is 0 Å². The van der Waals surface area contributed by atoms with Crippen molar-refractivity contribution in [1.82, 2.24) is 29.5 Å². The van der Waals surface area contributed by atoms with E-state index in [9.17, 15) is 32.7 Å². The number of hydrogen-bond acceptors (Lipinski definition) is 20. The van der Waals surface area contributed by atoms with Crippen LogP contribution in [0.1, 0.15) is 222 Å². The molecule has 22 nitrogen and oxygen atoms in total. The van der Waals surface area contributed by atoms with Crippen LogP contribution in [0.5, 0.6) is 0 Å². The van der Waals surface area contributed by atoms with Crippen LogP contribution >= 0.6 is 0 Å². The Hall–Kier alpha value is -7.57. The van der Waals surface area contributed by atoms with Crippen molar-refractivity contribution in [1.29, 1.82) is 0 Å². The van der Waals surface area contributed by atoms with E-state index in [2.05, 4.69) is 53.8 Å². The first kappa shape index (κ1) is 74.7. The second-order valence-corrected chi connectivity index (χ2v) is 37.3. The van der Waals surface area contributed by atoms with Crippen molar-refractivity contribution in [2.45, 2.75) is 222 Å². The number of nitrogens with zero attached hydrogens (tertiary/aromatic N) is 8. The highest BCUT2D eigenvalue weighted by molar-refractivity contribution is 7.86. The van der Waals surface area contributed by atoms with Crippen LogP contribution in [-0.2, 0) is 81.7 Å². The fraction of sp³-hybridized carbons (Fsp3) is 0.605. The summed E-state index contributed by atoms with van der Waals surface area (Å²) in [5.74, 6) is -0.472. The third-order valence-electron chi connectivity index (χ3n) is 23.3. The lowest BCUT2D eigenvalue weighted by atomic mass is 9.39. The number of hydrogen-bond donors (Lipinski definition) is 1. The lowest BCUT2D eigenvalue weighted by Gasteiger charge is -2.69. The first-order chi connectivity index (χ1) is 48.8. The van der Waals surface area contributed by atoms with Crippen molar-refractivity contribution in [2.24, 2.45) is 32.5 Å². The van der Waals surface area contributed by atoms with E-state index in [1.807, 2.05) is 109 Å². The number of aliphatic hydroxyl groups excluding tert-OH is 1. The van der Waals surface area contributed by atoms with Gasteiger partial charge in [0.05, 0.1) is 81.6 Å².